The third-order valence-corrected chi connectivity index (χ3v) is 4.38. The summed E-state index contributed by atoms with van der Waals surface area (Å²) in [6.45, 7) is 6.66. The summed E-state index contributed by atoms with van der Waals surface area (Å²) < 4.78 is 16.0. The van der Waals surface area contributed by atoms with Crippen molar-refractivity contribution in [3.05, 3.63) is 18.2 Å². The topological polar surface area (TPSA) is 80.3 Å². The van der Waals surface area contributed by atoms with Gasteiger partial charge >= 0.3 is 6.09 Å². The van der Waals surface area contributed by atoms with Gasteiger partial charge in [0.15, 0.2) is 11.5 Å². The number of ether oxygens (including phenoxy) is 3. The normalized spacial score (nSPS) is 16.9. The first-order chi connectivity index (χ1) is 12.7. The fraction of sp³-hybridized carbons (Fsp3) is 0.556. The summed E-state index contributed by atoms with van der Waals surface area (Å²) in [7, 11) is 0. The molecule has 8 heteroatoms. The smallest absolute Gasteiger partial charge is 0.409 e. The highest BCUT2D eigenvalue weighted by molar-refractivity contribution is 5.91. The molecule has 26 heavy (non-hydrogen) atoms. The van der Waals surface area contributed by atoms with Gasteiger partial charge in [-0.15, -0.1) is 0 Å². The van der Waals surface area contributed by atoms with E-state index >= 15 is 0 Å². The Morgan fingerprint density at radius 1 is 1.12 bits per heavy atom. The summed E-state index contributed by atoms with van der Waals surface area (Å²) in [4.78, 5) is 27.7. The number of carbonyl (C=O) groups excluding carboxylic acids is 2. The maximum absolute atomic E-state index is 12.2. The number of nitrogens with zero attached hydrogens (tertiary/aromatic N) is 2. The van der Waals surface area contributed by atoms with Gasteiger partial charge in [-0.3, -0.25) is 9.69 Å². The summed E-state index contributed by atoms with van der Waals surface area (Å²) in [6.07, 6.45) is 0.136. The first kappa shape index (κ1) is 18.3. The number of carbonyl (C=O) groups is 2. The summed E-state index contributed by atoms with van der Waals surface area (Å²) in [5.41, 5.74) is 0.700. The van der Waals surface area contributed by atoms with Crippen LogP contribution in [-0.4, -0.2) is 74.3 Å². The number of fused-ring (bicyclic) bond motifs is 1. The van der Waals surface area contributed by atoms with Gasteiger partial charge in [0.1, 0.15) is 13.2 Å². The first-order valence-electron chi connectivity index (χ1n) is 8.99. The number of piperazine rings is 1. The summed E-state index contributed by atoms with van der Waals surface area (Å²) in [5.74, 6) is 1.31. The summed E-state index contributed by atoms with van der Waals surface area (Å²) in [5, 5.41) is 2.89. The lowest BCUT2D eigenvalue weighted by molar-refractivity contribution is -0.116. The summed E-state index contributed by atoms with van der Waals surface area (Å²) in [6, 6.07) is 5.40. The minimum Gasteiger partial charge on any atom is -0.486 e. The second-order valence-electron chi connectivity index (χ2n) is 6.18. The molecule has 1 aromatic carbocycles. The van der Waals surface area contributed by atoms with Crippen molar-refractivity contribution >= 4 is 17.7 Å². The van der Waals surface area contributed by atoms with Crippen LogP contribution in [0.1, 0.15) is 13.3 Å². The highest BCUT2D eigenvalue weighted by atomic mass is 16.6. The molecule has 8 nitrogen and oxygen atoms in total. The number of benzene rings is 1. The SMILES string of the molecule is CCOC(=O)N1CCN(CCC(=O)Nc2ccc3c(c2)OCCO3)CC1. The number of rotatable bonds is 5. The zero-order valence-electron chi connectivity index (χ0n) is 15.0. The molecular formula is C18H25N3O5. The van der Waals surface area contributed by atoms with Crippen molar-refractivity contribution in [2.45, 2.75) is 13.3 Å². The van der Waals surface area contributed by atoms with E-state index in [-0.39, 0.29) is 12.0 Å². The van der Waals surface area contributed by atoms with E-state index < -0.39 is 0 Å². The molecule has 2 amide bonds. The molecular weight excluding hydrogens is 338 g/mol. The van der Waals surface area contributed by atoms with Crippen LogP contribution in [0, 0.1) is 0 Å². The van der Waals surface area contributed by atoms with Gasteiger partial charge < -0.3 is 24.4 Å². The van der Waals surface area contributed by atoms with E-state index in [1.807, 2.05) is 6.07 Å². The van der Waals surface area contributed by atoms with Crippen LogP contribution in [0.25, 0.3) is 0 Å². The molecule has 1 aromatic rings. The van der Waals surface area contributed by atoms with Crippen LogP contribution in [0.3, 0.4) is 0 Å². The standard InChI is InChI=1S/C18H25N3O5/c1-2-24-18(23)21-9-7-20(8-10-21)6-5-17(22)19-14-3-4-15-16(13-14)26-12-11-25-15/h3-4,13H,2,5-12H2,1H3,(H,19,22). The van der Waals surface area contributed by atoms with E-state index in [0.717, 1.165) is 13.1 Å². The second-order valence-corrected chi connectivity index (χ2v) is 6.18. The van der Waals surface area contributed by atoms with E-state index in [1.54, 1.807) is 24.0 Å². The molecule has 0 bridgehead atoms. The molecule has 1 fully saturated rings. The number of hydrogen-bond acceptors (Lipinski definition) is 6. The molecule has 0 aliphatic carbocycles. The Hall–Kier alpha value is -2.48. The van der Waals surface area contributed by atoms with Crippen molar-refractivity contribution in [2.24, 2.45) is 0 Å². The monoisotopic (exact) mass is 363 g/mol. The minimum atomic E-state index is -0.261. The molecule has 2 aliphatic heterocycles. The van der Waals surface area contributed by atoms with E-state index in [0.29, 0.717) is 63.1 Å². The predicted octanol–water partition coefficient (Wildman–Crippen LogP) is 1.56. The van der Waals surface area contributed by atoms with Crippen molar-refractivity contribution in [1.82, 2.24) is 9.80 Å². The number of nitrogens with one attached hydrogen (secondary N) is 1. The van der Waals surface area contributed by atoms with Gasteiger partial charge in [0.25, 0.3) is 0 Å². The zero-order valence-corrected chi connectivity index (χ0v) is 15.0. The highest BCUT2D eigenvalue weighted by Crippen LogP contribution is 2.32. The van der Waals surface area contributed by atoms with Gasteiger partial charge in [-0.2, -0.15) is 0 Å². The van der Waals surface area contributed by atoms with Gasteiger partial charge in [-0.05, 0) is 19.1 Å². The van der Waals surface area contributed by atoms with Crippen LogP contribution in [0.15, 0.2) is 18.2 Å². The minimum absolute atomic E-state index is 0.0468. The molecule has 0 saturated carbocycles. The van der Waals surface area contributed by atoms with Crippen LogP contribution in [-0.2, 0) is 9.53 Å². The third-order valence-electron chi connectivity index (χ3n) is 4.38. The molecule has 1 saturated heterocycles. The Labute approximate surface area is 153 Å². The van der Waals surface area contributed by atoms with Crippen molar-refractivity contribution in [3.8, 4) is 11.5 Å². The van der Waals surface area contributed by atoms with Crippen molar-refractivity contribution in [1.29, 1.82) is 0 Å². The number of anilines is 1. The molecule has 0 aromatic heterocycles. The van der Waals surface area contributed by atoms with Crippen molar-refractivity contribution < 1.29 is 23.8 Å². The third kappa shape index (κ3) is 4.78. The lowest BCUT2D eigenvalue weighted by atomic mass is 10.2. The van der Waals surface area contributed by atoms with E-state index in [4.69, 9.17) is 14.2 Å². The van der Waals surface area contributed by atoms with Crippen molar-refractivity contribution in [2.75, 3.05) is 57.9 Å². The summed E-state index contributed by atoms with van der Waals surface area (Å²) >= 11 is 0. The Morgan fingerprint density at radius 2 is 1.85 bits per heavy atom. The van der Waals surface area contributed by atoms with Crippen LogP contribution in [0.4, 0.5) is 10.5 Å². The molecule has 0 unspecified atom stereocenters. The first-order valence-corrected chi connectivity index (χ1v) is 8.99. The molecule has 2 heterocycles. The van der Waals surface area contributed by atoms with E-state index in [1.165, 1.54) is 0 Å². The van der Waals surface area contributed by atoms with E-state index in [2.05, 4.69) is 10.2 Å². The number of amides is 2. The maximum atomic E-state index is 12.2. The van der Waals surface area contributed by atoms with Crippen LogP contribution in [0.2, 0.25) is 0 Å². The molecule has 2 aliphatic rings. The molecule has 142 valence electrons. The molecule has 3 rings (SSSR count). The van der Waals surface area contributed by atoms with E-state index in [9.17, 15) is 9.59 Å². The molecule has 0 atom stereocenters. The zero-order chi connectivity index (χ0) is 18.4. The molecule has 1 N–H and O–H groups in total. The lowest BCUT2D eigenvalue weighted by Crippen LogP contribution is -2.49. The van der Waals surface area contributed by atoms with Crippen molar-refractivity contribution in [3.63, 3.8) is 0 Å². The maximum Gasteiger partial charge on any atom is 0.409 e. The van der Waals surface area contributed by atoms with Crippen LogP contribution >= 0.6 is 0 Å². The quantitative estimate of drug-likeness (QED) is 0.855. The Bertz CT molecular complexity index is 644. The average Bonchev–Trinajstić information content (AvgIpc) is 2.67. The number of hydrogen-bond donors (Lipinski definition) is 1. The largest absolute Gasteiger partial charge is 0.486 e. The Morgan fingerprint density at radius 3 is 2.58 bits per heavy atom. The Balaban J connectivity index is 1.40. The van der Waals surface area contributed by atoms with Gasteiger partial charge in [-0.1, -0.05) is 0 Å². The van der Waals surface area contributed by atoms with Gasteiger partial charge in [0, 0.05) is 50.9 Å². The average molecular weight is 363 g/mol. The highest BCUT2D eigenvalue weighted by Gasteiger charge is 2.22. The fourth-order valence-electron chi connectivity index (χ4n) is 2.97. The van der Waals surface area contributed by atoms with Crippen LogP contribution < -0.4 is 14.8 Å². The molecule has 0 radical (unpaired) electrons. The second kappa shape index (κ2) is 8.75. The Kier molecular flexibility index (Phi) is 6.17. The van der Waals surface area contributed by atoms with Gasteiger partial charge in [0.2, 0.25) is 5.91 Å². The van der Waals surface area contributed by atoms with Gasteiger partial charge in [0.05, 0.1) is 6.61 Å². The lowest BCUT2D eigenvalue weighted by Gasteiger charge is -2.33. The molecule has 0 spiro atoms. The van der Waals surface area contributed by atoms with Crippen LogP contribution in [0.5, 0.6) is 11.5 Å². The van der Waals surface area contributed by atoms with Gasteiger partial charge in [-0.25, -0.2) is 4.79 Å². The fourth-order valence-corrected chi connectivity index (χ4v) is 2.97. The predicted molar refractivity (Wildman–Crippen MR) is 95.7 cm³/mol.